The highest BCUT2D eigenvalue weighted by Crippen LogP contribution is 2.20. The largest absolute Gasteiger partial charge is 0.485 e. The zero-order valence-corrected chi connectivity index (χ0v) is 10.3. The van der Waals surface area contributed by atoms with Gasteiger partial charge in [0.1, 0.15) is 23.1 Å². The first-order valence-corrected chi connectivity index (χ1v) is 5.63. The third-order valence-corrected chi connectivity index (χ3v) is 2.65. The second-order valence-corrected chi connectivity index (χ2v) is 4.15. The minimum atomic E-state index is 0.394. The minimum absolute atomic E-state index is 0.394. The van der Waals surface area contributed by atoms with Crippen molar-refractivity contribution in [1.29, 1.82) is 0 Å². The number of hydrogen-bond acceptors (Lipinski definition) is 3. The molecule has 4 heteroatoms. The molecule has 0 aliphatic carbocycles. The van der Waals surface area contributed by atoms with Crippen LogP contribution in [0.5, 0.6) is 5.75 Å². The topological polar surface area (TPSA) is 48.4 Å². The lowest BCUT2D eigenvalue weighted by molar-refractivity contribution is 0.268. The van der Waals surface area contributed by atoms with Crippen molar-refractivity contribution in [1.82, 2.24) is 0 Å². The summed E-state index contributed by atoms with van der Waals surface area (Å²) in [7, 11) is 0. The Bertz CT molecular complexity index is 520. The van der Waals surface area contributed by atoms with Crippen LogP contribution in [0.25, 0.3) is 0 Å². The predicted octanol–water partition coefficient (Wildman–Crippen LogP) is 2.80. The summed E-state index contributed by atoms with van der Waals surface area (Å²) in [6.07, 6.45) is 1.63. The van der Waals surface area contributed by atoms with Gasteiger partial charge in [0.05, 0.1) is 6.26 Å². The van der Waals surface area contributed by atoms with Gasteiger partial charge in [-0.2, -0.15) is 0 Å². The first kappa shape index (κ1) is 11.7. The van der Waals surface area contributed by atoms with Crippen molar-refractivity contribution < 1.29 is 9.15 Å². The normalized spacial score (nSPS) is 10.2. The van der Waals surface area contributed by atoms with Gasteiger partial charge in [0, 0.05) is 5.56 Å². The van der Waals surface area contributed by atoms with Gasteiger partial charge in [0.2, 0.25) is 0 Å². The van der Waals surface area contributed by atoms with Crippen LogP contribution in [0, 0.1) is 6.92 Å². The summed E-state index contributed by atoms with van der Waals surface area (Å²) in [5.41, 5.74) is 7.41. The van der Waals surface area contributed by atoms with E-state index in [-0.39, 0.29) is 0 Å². The van der Waals surface area contributed by atoms with Gasteiger partial charge in [0.25, 0.3) is 0 Å². The first-order valence-electron chi connectivity index (χ1n) is 5.22. The molecule has 0 atom stereocenters. The summed E-state index contributed by atoms with van der Waals surface area (Å²) >= 11 is 4.92. The van der Waals surface area contributed by atoms with Gasteiger partial charge < -0.3 is 14.9 Å². The van der Waals surface area contributed by atoms with Gasteiger partial charge in [-0.25, -0.2) is 0 Å². The summed E-state index contributed by atoms with van der Waals surface area (Å²) in [6.45, 7) is 2.37. The number of ether oxygens (including phenoxy) is 1. The second-order valence-electron chi connectivity index (χ2n) is 3.71. The molecule has 2 aromatic rings. The van der Waals surface area contributed by atoms with E-state index in [1.165, 1.54) is 0 Å². The quantitative estimate of drug-likeness (QED) is 0.844. The molecule has 0 aliphatic heterocycles. The molecule has 88 valence electrons. The molecule has 1 heterocycles. The molecule has 0 amide bonds. The lowest BCUT2D eigenvalue weighted by atomic mass is 10.1. The van der Waals surface area contributed by atoms with Crippen LogP contribution in [0.2, 0.25) is 0 Å². The number of nitrogens with two attached hydrogens (primary N) is 1. The number of rotatable bonds is 4. The molecule has 0 bridgehead atoms. The van der Waals surface area contributed by atoms with E-state index in [2.05, 4.69) is 0 Å². The van der Waals surface area contributed by atoms with Gasteiger partial charge in [-0.15, -0.1) is 0 Å². The smallest absolute Gasteiger partial charge is 0.146 e. The zero-order chi connectivity index (χ0) is 12.3. The number of benzene rings is 1. The SMILES string of the molecule is Cc1cc(C(N)=S)ccc1OCc1ccco1. The Morgan fingerprint density at radius 1 is 1.41 bits per heavy atom. The van der Waals surface area contributed by atoms with E-state index < -0.39 is 0 Å². The molecule has 0 saturated heterocycles. The van der Waals surface area contributed by atoms with Crippen LogP contribution < -0.4 is 10.5 Å². The van der Waals surface area contributed by atoms with Crippen molar-refractivity contribution >= 4 is 17.2 Å². The summed E-state index contributed by atoms with van der Waals surface area (Å²) in [5.74, 6) is 1.60. The Balaban J connectivity index is 2.09. The molecular formula is C13H13NO2S. The number of furan rings is 1. The summed E-state index contributed by atoms with van der Waals surface area (Å²) < 4.78 is 10.8. The van der Waals surface area contributed by atoms with Crippen LogP contribution in [-0.2, 0) is 6.61 Å². The lowest BCUT2D eigenvalue weighted by Gasteiger charge is -2.09. The highest BCUT2D eigenvalue weighted by atomic mass is 32.1. The van der Waals surface area contributed by atoms with E-state index >= 15 is 0 Å². The molecule has 0 unspecified atom stereocenters. The van der Waals surface area contributed by atoms with Gasteiger partial charge >= 0.3 is 0 Å². The second kappa shape index (κ2) is 5.01. The number of thiocarbonyl (C=S) groups is 1. The summed E-state index contributed by atoms with van der Waals surface area (Å²) in [5, 5.41) is 0. The molecule has 3 nitrogen and oxygen atoms in total. The Morgan fingerprint density at radius 2 is 2.24 bits per heavy atom. The Morgan fingerprint density at radius 3 is 2.82 bits per heavy atom. The minimum Gasteiger partial charge on any atom is -0.485 e. The van der Waals surface area contributed by atoms with Crippen molar-refractivity contribution in [3.05, 3.63) is 53.5 Å². The Labute approximate surface area is 105 Å². The molecule has 0 radical (unpaired) electrons. The zero-order valence-electron chi connectivity index (χ0n) is 9.47. The fraction of sp³-hybridized carbons (Fsp3) is 0.154. The average Bonchev–Trinajstić information content (AvgIpc) is 2.80. The van der Waals surface area contributed by atoms with Crippen LogP contribution in [0.4, 0.5) is 0 Å². The molecule has 0 saturated carbocycles. The number of aryl methyl sites for hydroxylation is 1. The maximum atomic E-state index is 5.64. The van der Waals surface area contributed by atoms with Gasteiger partial charge in [0.15, 0.2) is 0 Å². The monoisotopic (exact) mass is 247 g/mol. The predicted molar refractivity (Wildman–Crippen MR) is 70.1 cm³/mol. The number of hydrogen-bond donors (Lipinski definition) is 1. The highest BCUT2D eigenvalue weighted by molar-refractivity contribution is 7.80. The van der Waals surface area contributed by atoms with Crippen molar-refractivity contribution in [3.63, 3.8) is 0 Å². The Kier molecular flexibility index (Phi) is 3.44. The molecule has 1 aromatic carbocycles. The third-order valence-electron chi connectivity index (χ3n) is 2.41. The molecule has 0 aliphatic rings. The first-order chi connectivity index (χ1) is 8.16. The third kappa shape index (κ3) is 2.85. The molecule has 0 fully saturated rings. The average molecular weight is 247 g/mol. The van der Waals surface area contributed by atoms with Crippen LogP contribution >= 0.6 is 12.2 Å². The lowest BCUT2D eigenvalue weighted by Crippen LogP contribution is -2.09. The molecular weight excluding hydrogens is 234 g/mol. The van der Waals surface area contributed by atoms with Gasteiger partial charge in [-0.05, 0) is 42.8 Å². The highest BCUT2D eigenvalue weighted by Gasteiger charge is 2.04. The van der Waals surface area contributed by atoms with Gasteiger partial charge in [-0.3, -0.25) is 0 Å². The van der Waals surface area contributed by atoms with Crippen LogP contribution in [0.1, 0.15) is 16.9 Å². The summed E-state index contributed by atoms with van der Waals surface area (Å²) in [4.78, 5) is 0.394. The molecule has 2 N–H and O–H groups in total. The molecule has 2 rings (SSSR count). The van der Waals surface area contributed by atoms with Crippen LogP contribution in [0.3, 0.4) is 0 Å². The Hall–Kier alpha value is -1.81. The maximum absolute atomic E-state index is 5.64. The van der Waals surface area contributed by atoms with Crippen molar-refractivity contribution in [2.24, 2.45) is 5.73 Å². The van der Waals surface area contributed by atoms with E-state index in [0.717, 1.165) is 22.6 Å². The van der Waals surface area contributed by atoms with Gasteiger partial charge in [-0.1, -0.05) is 12.2 Å². The van der Waals surface area contributed by atoms with Crippen molar-refractivity contribution in [2.75, 3.05) is 0 Å². The van der Waals surface area contributed by atoms with E-state index in [1.54, 1.807) is 6.26 Å². The standard InChI is InChI=1S/C13H13NO2S/c1-9-7-10(13(14)17)4-5-12(9)16-8-11-3-2-6-15-11/h2-7H,8H2,1H3,(H2,14,17). The fourth-order valence-electron chi connectivity index (χ4n) is 1.51. The van der Waals surface area contributed by atoms with Crippen molar-refractivity contribution in [2.45, 2.75) is 13.5 Å². The molecule has 0 spiro atoms. The van der Waals surface area contributed by atoms with E-state index in [9.17, 15) is 0 Å². The van der Waals surface area contributed by atoms with E-state index in [4.69, 9.17) is 27.1 Å². The molecule has 17 heavy (non-hydrogen) atoms. The van der Waals surface area contributed by atoms with E-state index in [0.29, 0.717) is 11.6 Å². The van der Waals surface area contributed by atoms with Crippen LogP contribution in [0.15, 0.2) is 41.0 Å². The van der Waals surface area contributed by atoms with Crippen molar-refractivity contribution in [3.8, 4) is 5.75 Å². The maximum Gasteiger partial charge on any atom is 0.146 e. The van der Waals surface area contributed by atoms with Crippen LogP contribution in [-0.4, -0.2) is 4.99 Å². The summed E-state index contributed by atoms with van der Waals surface area (Å²) in [6, 6.07) is 9.35. The fourth-order valence-corrected chi connectivity index (χ4v) is 1.64. The van der Waals surface area contributed by atoms with E-state index in [1.807, 2.05) is 37.3 Å². The molecule has 1 aromatic heterocycles.